The van der Waals surface area contributed by atoms with Crippen molar-refractivity contribution >= 4 is 27.3 Å². The summed E-state index contributed by atoms with van der Waals surface area (Å²) in [6.07, 6.45) is 0.787. The van der Waals surface area contributed by atoms with E-state index in [0.717, 1.165) is 6.42 Å². The number of hydrogen-bond donors (Lipinski definition) is 2. The Labute approximate surface area is 192 Å². The number of benzene rings is 3. The van der Waals surface area contributed by atoms with Gasteiger partial charge in [0.15, 0.2) is 11.5 Å². The Kier molecular flexibility index (Phi) is 6.69. The Morgan fingerprint density at radius 1 is 0.939 bits per heavy atom. The average molecular weight is 469 g/mol. The van der Waals surface area contributed by atoms with E-state index in [1.165, 1.54) is 18.2 Å². The molecule has 0 fully saturated rings. The molecule has 2 N–H and O–H groups in total. The monoisotopic (exact) mass is 468 g/mol. The van der Waals surface area contributed by atoms with Gasteiger partial charge in [-0.15, -0.1) is 0 Å². The molecular weight excluding hydrogens is 444 g/mol. The van der Waals surface area contributed by atoms with Crippen LogP contribution in [0.4, 0.5) is 11.4 Å². The van der Waals surface area contributed by atoms with Gasteiger partial charge >= 0.3 is 0 Å². The number of carbonyl (C=O) groups excluding carboxylic acids is 1. The zero-order valence-electron chi connectivity index (χ0n) is 18.0. The first-order valence-corrected chi connectivity index (χ1v) is 12.0. The first-order valence-electron chi connectivity index (χ1n) is 10.5. The summed E-state index contributed by atoms with van der Waals surface area (Å²) in [7, 11) is -3.83. The largest absolute Gasteiger partial charge is 0.494 e. The quantitative estimate of drug-likeness (QED) is 0.536. The second-order valence-electron chi connectivity index (χ2n) is 7.26. The van der Waals surface area contributed by atoms with Crippen molar-refractivity contribution in [1.82, 2.24) is 0 Å². The van der Waals surface area contributed by atoms with Crippen LogP contribution in [0.2, 0.25) is 0 Å². The van der Waals surface area contributed by atoms with Crippen LogP contribution in [0.15, 0.2) is 71.6 Å². The fourth-order valence-corrected chi connectivity index (χ4v) is 4.31. The normalized spacial score (nSPS) is 13.0. The zero-order valence-corrected chi connectivity index (χ0v) is 18.9. The van der Waals surface area contributed by atoms with E-state index in [-0.39, 0.29) is 16.5 Å². The number of sulfonamides is 1. The third-order valence-electron chi connectivity index (χ3n) is 4.83. The van der Waals surface area contributed by atoms with E-state index in [0.29, 0.717) is 48.3 Å². The maximum atomic E-state index is 12.8. The lowest BCUT2D eigenvalue weighted by Crippen LogP contribution is -2.15. The van der Waals surface area contributed by atoms with E-state index in [4.69, 9.17) is 14.2 Å². The molecule has 0 aliphatic carbocycles. The lowest BCUT2D eigenvalue weighted by molar-refractivity contribution is 0.102. The molecule has 0 atom stereocenters. The molecule has 1 aliphatic heterocycles. The van der Waals surface area contributed by atoms with Crippen LogP contribution in [0.1, 0.15) is 23.7 Å². The van der Waals surface area contributed by atoms with Gasteiger partial charge in [0.2, 0.25) is 0 Å². The van der Waals surface area contributed by atoms with Crippen LogP contribution in [0.3, 0.4) is 0 Å². The summed E-state index contributed by atoms with van der Waals surface area (Å²) in [5.74, 6) is 1.41. The molecule has 9 heteroatoms. The number of carbonyl (C=O) groups is 1. The van der Waals surface area contributed by atoms with Crippen molar-refractivity contribution in [3.05, 3.63) is 72.3 Å². The second-order valence-corrected chi connectivity index (χ2v) is 8.94. The maximum Gasteiger partial charge on any atom is 0.261 e. The topological polar surface area (TPSA) is 103 Å². The molecule has 1 heterocycles. The van der Waals surface area contributed by atoms with Crippen molar-refractivity contribution in [2.24, 2.45) is 0 Å². The van der Waals surface area contributed by atoms with Gasteiger partial charge in [0.1, 0.15) is 5.75 Å². The minimum absolute atomic E-state index is 0.0907. The highest BCUT2D eigenvalue weighted by atomic mass is 32.2. The number of anilines is 2. The summed E-state index contributed by atoms with van der Waals surface area (Å²) in [6, 6.07) is 17.6. The van der Waals surface area contributed by atoms with Gasteiger partial charge in [-0.3, -0.25) is 9.52 Å². The predicted molar refractivity (Wildman–Crippen MR) is 125 cm³/mol. The molecule has 8 nitrogen and oxygen atoms in total. The van der Waals surface area contributed by atoms with Crippen LogP contribution in [0.25, 0.3) is 0 Å². The summed E-state index contributed by atoms with van der Waals surface area (Å²) in [6.45, 7) is 3.47. The van der Waals surface area contributed by atoms with E-state index in [9.17, 15) is 13.2 Å². The van der Waals surface area contributed by atoms with Gasteiger partial charge in [0.25, 0.3) is 15.9 Å². The fraction of sp³-hybridized carbons (Fsp3) is 0.208. The Bertz CT molecular complexity index is 1240. The molecule has 0 saturated heterocycles. The van der Waals surface area contributed by atoms with E-state index in [2.05, 4.69) is 10.0 Å². The fourth-order valence-electron chi connectivity index (χ4n) is 3.26. The SMILES string of the molecule is CCOc1ccc(S(=O)(=O)Nc2cccc(C(=O)Nc3ccc4c(c3)OCCCO4)c2)cc1. The summed E-state index contributed by atoms with van der Waals surface area (Å²) in [4.78, 5) is 12.9. The van der Waals surface area contributed by atoms with Crippen LogP contribution >= 0.6 is 0 Å². The summed E-state index contributed by atoms with van der Waals surface area (Å²) in [5.41, 5.74) is 1.12. The first kappa shape index (κ1) is 22.5. The molecule has 0 bridgehead atoms. The Morgan fingerprint density at radius 3 is 2.45 bits per heavy atom. The third-order valence-corrected chi connectivity index (χ3v) is 6.22. The molecule has 0 unspecified atom stereocenters. The van der Waals surface area contributed by atoms with Crippen molar-refractivity contribution < 1.29 is 27.4 Å². The highest BCUT2D eigenvalue weighted by molar-refractivity contribution is 7.92. The van der Waals surface area contributed by atoms with Gasteiger partial charge in [-0.05, 0) is 61.5 Å². The van der Waals surface area contributed by atoms with Crippen LogP contribution in [0, 0.1) is 0 Å². The zero-order chi connectivity index (χ0) is 23.3. The number of ether oxygens (including phenoxy) is 3. The Morgan fingerprint density at radius 2 is 1.70 bits per heavy atom. The number of rotatable bonds is 7. The van der Waals surface area contributed by atoms with Gasteiger partial charge < -0.3 is 19.5 Å². The van der Waals surface area contributed by atoms with Gasteiger partial charge in [-0.1, -0.05) is 6.07 Å². The number of amides is 1. The molecule has 0 aromatic heterocycles. The van der Waals surface area contributed by atoms with Crippen molar-refractivity contribution in [1.29, 1.82) is 0 Å². The van der Waals surface area contributed by atoms with E-state index >= 15 is 0 Å². The molecule has 0 radical (unpaired) electrons. The summed E-state index contributed by atoms with van der Waals surface area (Å²) in [5, 5.41) is 2.80. The molecule has 1 amide bonds. The third kappa shape index (κ3) is 5.56. The van der Waals surface area contributed by atoms with Crippen LogP contribution in [-0.2, 0) is 10.0 Å². The van der Waals surface area contributed by atoms with Crippen molar-refractivity contribution in [3.8, 4) is 17.2 Å². The van der Waals surface area contributed by atoms with Crippen LogP contribution in [-0.4, -0.2) is 34.1 Å². The minimum Gasteiger partial charge on any atom is -0.494 e. The predicted octanol–water partition coefficient (Wildman–Crippen LogP) is 4.30. The number of hydrogen-bond acceptors (Lipinski definition) is 6. The average Bonchev–Trinajstić information content (AvgIpc) is 3.05. The number of fused-ring (bicyclic) bond motifs is 1. The molecule has 1 aliphatic rings. The van der Waals surface area contributed by atoms with E-state index in [1.54, 1.807) is 48.5 Å². The summed E-state index contributed by atoms with van der Waals surface area (Å²) < 4.78 is 44.6. The first-order chi connectivity index (χ1) is 15.9. The maximum absolute atomic E-state index is 12.8. The molecule has 3 aromatic rings. The minimum atomic E-state index is -3.83. The molecule has 0 spiro atoms. The van der Waals surface area contributed by atoms with Gasteiger partial charge in [-0.25, -0.2) is 8.42 Å². The smallest absolute Gasteiger partial charge is 0.261 e. The summed E-state index contributed by atoms with van der Waals surface area (Å²) >= 11 is 0. The molecule has 0 saturated carbocycles. The van der Waals surface area contributed by atoms with E-state index < -0.39 is 10.0 Å². The number of nitrogens with one attached hydrogen (secondary N) is 2. The van der Waals surface area contributed by atoms with Crippen LogP contribution in [0.5, 0.6) is 17.2 Å². The second kappa shape index (κ2) is 9.83. The molecule has 172 valence electrons. The van der Waals surface area contributed by atoms with Gasteiger partial charge in [0.05, 0.1) is 24.7 Å². The van der Waals surface area contributed by atoms with Gasteiger partial charge in [-0.2, -0.15) is 0 Å². The Hall–Kier alpha value is -3.72. The highest BCUT2D eigenvalue weighted by Gasteiger charge is 2.16. The lowest BCUT2D eigenvalue weighted by atomic mass is 10.2. The van der Waals surface area contributed by atoms with Gasteiger partial charge in [0, 0.05) is 29.4 Å². The molecule has 3 aromatic carbocycles. The Balaban J connectivity index is 1.47. The van der Waals surface area contributed by atoms with Crippen molar-refractivity contribution in [2.45, 2.75) is 18.2 Å². The highest BCUT2D eigenvalue weighted by Crippen LogP contribution is 2.32. The standard InChI is InChI=1S/C24H24N2O6S/c1-2-30-20-8-10-21(11-9-20)33(28,29)26-19-6-3-5-17(15-19)24(27)25-18-7-12-22-23(16-18)32-14-4-13-31-22/h3,5-12,15-16,26H,2,4,13-14H2,1H3,(H,25,27). The van der Waals surface area contributed by atoms with E-state index in [1.807, 2.05) is 6.92 Å². The molecule has 4 rings (SSSR count). The van der Waals surface area contributed by atoms with Crippen LogP contribution < -0.4 is 24.2 Å². The van der Waals surface area contributed by atoms with Crippen molar-refractivity contribution in [3.63, 3.8) is 0 Å². The molecular formula is C24H24N2O6S. The molecule has 33 heavy (non-hydrogen) atoms. The van der Waals surface area contributed by atoms with Crippen molar-refractivity contribution in [2.75, 3.05) is 29.9 Å². The lowest BCUT2D eigenvalue weighted by Gasteiger charge is -2.12.